The number of hydrogen-bond acceptors (Lipinski definition) is 8. The van der Waals surface area contributed by atoms with E-state index in [1.165, 1.54) is 6.33 Å². The number of aryl methyl sites for hydroxylation is 2. The summed E-state index contributed by atoms with van der Waals surface area (Å²) in [5.74, 6) is 3.18. The number of carbonyl (C=O) groups excluding carboxylic acids is 1. The third-order valence-corrected chi connectivity index (χ3v) is 6.23. The second-order valence-electron chi connectivity index (χ2n) is 8.20. The predicted molar refractivity (Wildman–Crippen MR) is 124 cm³/mol. The van der Waals surface area contributed by atoms with Crippen molar-refractivity contribution in [2.75, 3.05) is 39.3 Å². The second kappa shape index (κ2) is 9.56. The highest BCUT2D eigenvalue weighted by molar-refractivity contribution is 5.90. The average molecular weight is 455 g/mol. The highest BCUT2D eigenvalue weighted by atomic mass is 16.5. The van der Waals surface area contributed by atoms with Crippen molar-refractivity contribution < 1.29 is 23.4 Å². The minimum atomic E-state index is -0.140. The molecule has 9 nitrogen and oxygen atoms in total. The van der Waals surface area contributed by atoms with Crippen LogP contribution in [0.5, 0.6) is 17.2 Å². The molecule has 0 bridgehead atoms. The van der Waals surface area contributed by atoms with Crippen molar-refractivity contribution in [3.05, 3.63) is 35.3 Å². The molecular weight excluding hydrogens is 424 g/mol. The largest absolute Gasteiger partial charge is 0.493 e. The number of nitrogens with zero attached hydrogens (tertiary/aromatic N) is 3. The van der Waals surface area contributed by atoms with Crippen LogP contribution in [0.15, 0.2) is 22.9 Å². The Kier molecular flexibility index (Phi) is 6.57. The number of benzene rings is 1. The van der Waals surface area contributed by atoms with Crippen molar-refractivity contribution in [3.8, 4) is 17.2 Å². The number of piperidine rings is 1. The molecule has 1 amide bonds. The van der Waals surface area contributed by atoms with Crippen LogP contribution in [0.2, 0.25) is 0 Å². The van der Waals surface area contributed by atoms with Crippen molar-refractivity contribution in [2.45, 2.75) is 33.2 Å². The number of anilines is 1. The van der Waals surface area contributed by atoms with Gasteiger partial charge in [0.2, 0.25) is 17.4 Å². The number of furan rings is 1. The molecule has 1 aliphatic heterocycles. The van der Waals surface area contributed by atoms with Crippen molar-refractivity contribution in [1.29, 1.82) is 0 Å². The fourth-order valence-corrected chi connectivity index (χ4v) is 4.36. The molecule has 1 aliphatic rings. The highest BCUT2D eigenvalue weighted by Gasteiger charge is 2.28. The minimum absolute atomic E-state index is 0.0128. The summed E-state index contributed by atoms with van der Waals surface area (Å²) < 4.78 is 21.9. The summed E-state index contributed by atoms with van der Waals surface area (Å²) in [5.41, 5.74) is 2.49. The van der Waals surface area contributed by atoms with Gasteiger partial charge in [0.25, 0.3) is 0 Å². The maximum absolute atomic E-state index is 13.0. The van der Waals surface area contributed by atoms with Crippen molar-refractivity contribution in [2.24, 2.45) is 5.92 Å². The number of hydrogen-bond donors (Lipinski definition) is 1. The van der Waals surface area contributed by atoms with Gasteiger partial charge < -0.3 is 28.8 Å². The molecule has 2 aromatic heterocycles. The van der Waals surface area contributed by atoms with Gasteiger partial charge in [-0.25, -0.2) is 9.97 Å². The van der Waals surface area contributed by atoms with Gasteiger partial charge >= 0.3 is 0 Å². The Labute approximate surface area is 193 Å². The number of aromatic nitrogens is 2. The number of amides is 1. The molecule has 0 spiro atoms. The first-order valence-corrected chi connectivity index (χ1v) is 11.0. The van der Waals surface area contributed by atoms with E-state index >= 15 is 0 Å². The molecule has 0 saturated carbocycles. The molecule has 0 unspecified atom stereocenters. The van der Waals surface area contributed by atoms with Crippen LogP contribution >= 0.6 is 0 Å². The number of ether oxygens (including phenoxy) is 3. The Morgan fingerprint density at radius 1 is 1.15 bits per heavy atom. The third kappa shape index (κ3) is 4.40. The van der Waals surface area contributed by atoms with Crippen molar-refractivity contribution in [1.82, 2.24) is 15.3 Å². The third-order valence-electron chi connectivity index (χ3n) is 6.23. The minimum Gasteiger partial charge on any atom is -0.493 e. The fraction of sp³-hybridized carbons (Fsp3) is 0.458. The van der Waals surface area contributed by atoms with Gasteiger partial charge in [0.15, 0.2) is 11.5 Å². The summed E-state index contributed by atoms with van der Waals surface area (Å²) in [6.45, 7) is 5.74. The highest BCUT2D eigenvalue weighted by Crippen LogP contribution is 2.38. The average Bonchev–Trinajstić information content (AvgIpc) is 3.15. The predicted octanol–water partition coefficient (Wildman–Crippen LogP) is 3.40. The van der Waals surface area contributed by atoms with Crippen LogP contribution in [0, 0.1) is 19.8 Å². The van der Waals surface area contributed by atoms with Crippen LogP contribution in [0.4, 0.5) is 5.82 Å². The molecule has 3 aromatic rings. The molecule has 1 saturated heterocycles. The number of methoxy groups -OCH3 is 3. The second-order valence-corrected chi connectivity index (χ2v) is 8.20. The van der Waals surface area contributed by atoms with E-state index < -0.39 is 0 Å². The summed E-state index contributed by atoms with van der Waals surface area (Å²) in [7, 11) is 4.71. The summed E-state index contributed by atoms with van der Waals surface area (Å²) in [6.07, 6.45) is 3.26. The zero-order valence-corrected chi connectivity index (χ0v) is 19.7. The van der Waals surface area contributed by atoms with Gasteiger partial charge in [-0.2, -0.15) is 0 Å². The Bertz CT molecular complexity index is 1130. The van der Waals surface area contributed by atoms with E-state index in [9.17, 15) is 4.79 Å². The number of rotatable bonds is 7. The first-order chi connectivity index (χ1) is 16.0. The van der Waals surface area contributed by atoms with Gasteiger partial charge in [0, 0.05) is 25.2 Å². The maximum atomic E-state index is 13.0. The lowest BCUT2D eigenvalue weighted by molar-refractivity contribution is -0.125. The molecule has 1 N–H and O–H groups in total. The first kappa shape index (κ1) is 22.7. The van der Waals surface area contributed by atoms with Gasteiger partial charge in [-0.05, 0) is 44.4 Å². The molecule has 0 aliphatic carbocycles. The molecule has 176 valence electrons. The van der Waals surface area contributed by atoms with Gasteiger partial charge in [-0.15, -0.1) is 0 Å². The topological polar surface area (TPSA) is 99.0 Å². The Morgan fingerprint density at radius 2 is 1.88 bits per heavy atom. The first-order valence-electron chi connectivity index (χ1n) is 11.0. The normalized spacial score (nSPS) is 16.0. The SMILES string of the molecule is COc1cc(CNC(=O)[C@H]2CCCN(c3ncnc4oc(C)c(C)c34)C2)cc(OC)c1OC. The maximum Gasteiger partial charge on any atom is 0.231 e. The van der Waals surface area contributed by atoms with Crippen LogP contribution in [-0.2, 0) is 11.3 Å². The lowest BCUT2D eigenvalue weighted by Crippen LogP contribution is -2.43. The Balaban J connectivity index is 1.47. The molecule has 1 atom stereocenters. The summed E-state index contributed by atoms with van der Waals surface area (Å²) >= 11 is 0. The molecule has 1 aromatic carbocycles. The molecular formula is C24H30N4O5. The van der Waals surface area contributed by atoms with Gasteiger partial charge in [-0.1, -0.05) is 0 Å². The van der Waals surface area contributed by atoms with Crippen LogP contribution < -0.4 is 24.4 Å². The van der Waals surface area contributed by atoms with E-state index in [1.54, 1.807) is 21.3 Å². The monoisotopic (exact) mass is 454 g/mol. The number of fused-ring (bicyclic) bond motifs is 1. The van der Waals surface area contributed by atoms with Gasteiger partial charge in [0.1, 0.15) is 17.9 Å². The fourth-order valence-electron chi connectivity index (χ4n) is 4.36. The Morgan fingerprint density at radius 3 is 2.55 bits per heavy atom. The van der Waals surface area contributed by atoms with E-state index in [4.69, 9.17) is 18.6 Å². The molecule has 9 heteroatoms. The lowest BCUT2D eigenvalue weighted by Gasteiger charge is -2.33. The van der Waals surface area contributed by atoms with Crippen molar-refractivity contribution in [3.63, 3.8) is 0 Å². The van der Waals surface area contributed by atoms with Crippen LogP contribution in [0.25, 0.3) is 11.1 Å². The summed E-state index contributed by atoms with van der Waals surface area (Å²) in [4.78, 5) is 24.0. The molecule has 33 heavy (non-hydrogen) atoms. The van der Waals surface area contributed by atoms with E-state index in [2.05, 4.69) is 20.2 Å². The summed E-state index contributed by atoms with van der Waals surface area (Å²) in [6, 6.07) is 3.69. The number of nitrogens with one attached hydrogen (secondary N) is 1. The Hall–Kier alpha value is -3.49. The zero-order valence-electron chi connectivity index (χ0n) is 19.7. The number of carbonyl (C=O) groups is 1. The summed E-state index contributed by atoms with van der Waals surface area (Å²) in [5, 5.41) is 3.99. The zero-order chi connectivity index (χ0) is 23.5. The molecule has 0 radical (unpaired) electrons. The standard InChI is InChI=1S/C24H30N4O5/c1-14-15(2)33-24-20(14)22(26-13-27-24)28-8-6-7-17(12-28)23(29)25-11-16-9-18(30-3)21(32-5)19(10-16)31-4/h9-10,13,17H,6-8,11-12H2,1-5H3,(H,25,29)/t17-/m0/s1. The van der Waals surface area contributed by atoms with Crippen LogP contribution in [-0.4, -0.2) is 50.3 Å². The molecule has 1 fully saturated rings. The van der Waals surface area contributed by atoms with E-state index in [0.717, 1.165) is 47.5 Å². The van der Waals surface area contributed by atoms with E-state index in [-0.39, 0.29) is 11.8 Å². The molecule has 3 heterocycles. The van der Waals surface area contributed by atoms with Crippen LogP contribution in [0.3, 0.4) is 0 Å². The van der Waals surface area contributed by atoms with Gasteiger partial charge in [-0.3, -0.25) is 4.79 Å². The van der Waals surface area contributed by atoms with Crippen LogP contribution in [0.1, 0.15) is 29.7 Å². The van der Waals surface area contributed by atoms with E-state index in [1.807, 2.05) is 26.0 Å². The smallest absolute Gasteiger partial charge is 0.231 e. The molecule has 4 rings (SSSR count). The van der Waals surface area contributed by atoms with Gasteiger partial charge in [0.05, 0.1) is 32.6 Å². The van der Waals surface area contributed by atoms with Crippen molar-refractivity contribution >= 4 is 22.8 Å². The lowest BCUT2D eigenvalue weighted by atomic mass is 9.96. The quantitative estimate of drug-likeness (QED) is 0.580. The van der Waals surface area contributed by atoms with E-state index in [0.29, 0.717) is 36.1 Å².